The lowest BCUT2D eigenvalue weighted by atomic mass is 10.2. The molecule has 1 amide bonds. The zero-order chi connectivity index (χ0) is 21.8. The van der Waals surface area contributed by atoms with Crippen LogP contribution in [0.1, 0.15) is 0 Å². The van der Waals surface area contributed by atoms with Gasteiger partial charge in [0.2, 0.25) is 15.9 Å². The second kappa shape index (κ2) is 9.56. The molecule has 2 aliphatic rings. The van der Waals surface area contributed by atoms with E-state index in [-0.39, 0.29) is 5.91 Å². The van der Waals surface area contributed by atoms with Gasteiger partial charge in [0.25, 0.3) is 0 Å². The molecule has 31 heavy (non-hydrogen) atoms. The van der Waals surface area contributed by atoms with Gasteiger partial charge >= 0.3 is 0 Å². The molecule has 0 aromatic heterocycles. The van der Waals surface area contributed by atoms with Gasteiger partial charge in [-0.3, -0.25) is 9.69 Å². The number of sulfonamides is 1. The van der Waals surface area contributed by atoms with Crippen LogP contribution >= 0.6 is 11.6 Å². The molecular weight excluding hydrogens is 436 g/mol. The highest BCUT2D eigenvalue weighted by Gasteiger charge is 2.30. The quantitative estimate of drug-likeness (QED) is 0.680. The van der Waals surface area contributed by atoms with Gasteiger partial charge in [-0.1, -0.05) is 35.9 Å². The lowest BCUT2D eigenvalue weighted by Crippen LogP contribution is -2.54. The van der Waals surface area contributed by atoms with E-state index >= 15 is 0 Å². The fourth-order valence-electron chi connectivity index (χ4n) is 4.05. The van der Waals surface area contributed by atoms with Crippen LogP contribution in [0.4, 0.5) is 5.69 Å². The molecule has 0 aliphatic carbocycles. The summed E-state index contributed by atoms with van der Waals surface area (Å²) in [6.07, 6.45) is 0. The van der Waals surface area contributed by atoms with Crippen LogP contribution in [0.15, 0.2) is 59.5 Å². The monoisotopic (exact) mass is 462 g/mol. The summed E-state index contributed by atoms with van der Waals surface area (Å²) < 4.78 is 27.0. The van der Waals surface area contributed by atoms with Gasteiger partial charge in [0.1, 0.15) is 0 Å². The highest BCUT2D eigenvalue weighted by atomic mass is 35.5. The third-order valence-electron chi connectivity index (χ3n) is 5.88. The van der Waals surface area contributed by atoms with Crippen LogP contribution in [0.5, 0.6) is 0 Å². The molecule has 2 aromatic rings. The number of anilines is 1. The minimum absolute atomic E-state index is 0.0629. The smallest absolute Gasteiger partial charge is 0.243 e. The summed E-state index contributed by atoms with van der Waals surface area (Å²) in [6, 6.07) is 16.3. The summed E-state index contributed by atoms with van der Waals surface area (Å²) >= 11 is 6.09. The van der Waals surface area contributed by atoms with Crippen molar-refractivity contribution in [3.8, 4) is 0 Å². The minimum atomic E-state index is -3.50. The molecule has 166 valence electrons. The lowest BCUT2D eigenvalue weighted by molar-refractivity contribution is -0.133. The predicted molar refractivity (Wildman–Crippen MR) is 122 cm³/mol. The van der Waals surface area contributed by atoms with E-state index in [1.54, 1.807) is 35.2 Å². The van der Waals surface area contributed by atoms with Crippen LogP contribution in [0.2, 0.25) is 5.02 Å². The Morgan fingerprint density at radius 2 is 1.52 bits per heavy atom. The number of nitrogens with zero attached hydrogens (tertiary/aromatic N) is 4. The molecule has 9 heteroatoms. The molecule has 2 fully saturated rings. The minimum Gasteiger partial charge on any atom is -0.369 e. The van der Waals surface area contributed by atoms with E-state index in [2.05, 4.69) is 15.9 Å². The van der Waals surface area contributed by atoms with Crippen molar-refractivity contribution in [1.29, 1.82) is 0 Å². The van der Waals surface area contributed by atoms with Crippen LogP contribution in [-0.2, 0) is 14.8 Å². The predicted octanol–water partition coefficient (Wildman–Crippen LogP) is 2.00. The van der Waals surface area contributed by atoms with Crippen LogP contribution < -0.4 is 4.90 Å². The Balaban J connectivity index is 1.25. The van der Waals surface area contributed by atoms with Crippen LogP contribution in [0, 0.1) is 0 Å². The fourth-order valence-corrected chi connectivity index (χ4v) is 5.68. The maximum atomic E-state index is 12.8. The van der Waals surface area contributed by atoms with Crippen molar-refractivity contribution < 1.29 is 13.2 Å². The van der Waals surface area contributed by atoms with E-state index in [4.69, 9.17) is 11.6 Å². The van der Waals surface area contributed by atoms with E-state index in [0.29, 0.717) is 37.6 Å². The third-order valence-corrected chi connectivity index (χ3v) is 8.02. The second-order valence-electron chi connectivity index (χ2n) is 7.84. The van der Waals surface area contributed by atoms with E-state index in [9.17, 15) is 13.2 Å². The lowest BCUT2D eigenvalue weighted by Gasteiger charge is -2.38. The van der Waals surface area contributed by atoms with E-state index < -0.39 is 10.0 Å². The molecular formula is C22H27ClN4O3S. The molecule has 2 saturated heterocycles. The highest BCUT2D eigenvalue weighted by Crippen LogP contribution is 2.21. The fraction of sp³-hybridized carbons (Fsp3) is 0.409. The van der Waals surface area contributed by atoms with Crippen LogP contribution in [-0.4, -0.2) is 87.3 Å². The van der Waals surface area contributed by atoms with Crippen molar-refractivity contribution in [3.05, 3.63) is 59.6 Å². The average Bonchev–Trinajstić information content (AvgIpc) is 2.80. The number of hydrogen-bond donors (Lipinski definition) is 0. The number of piperazine rings is 2. The Hall–Kier alpha value is -2.13. The first-order valence-corrected chi connectivity index (χ1v) is 12.3. The summed E-state index contributed by atoms with van der Waals surface area (Å²) in [5.41, 5.74) is 1.11. The van der Waals surface area contributed by atoms with Crippen molar-refractivity contribution in [3.63, 3.8) is 0 Å². The van der Waals surface area contributed by atoms with Crippen molar-refractivity contribution >= 4 is 33.2 Å². The molecule has 2 aromatic carbocycles. The largest absolute Gasteiger partial charge is 0.369 e. The standard InChI is InChI=1S/C22H27ClN4O3S/c23-19-5-4-6-20(17-19)25-11-9-24(10-12-25)18-22(28)26-13-15-27(16-14-26)31(29,30)21-7-2-1-3-8-21/h1-8,17H,9-16,18H2. The van der Waals surface area contributed by atoms with Gasteiger partial charge in [-0.15, -0.1) is 0 Å². The highest BCUT2D eigenvalue weighted by molar-refractivity contribution is 7.89. The molecule has 2 aliphatic heterocycles. The van der Waals surface area contributed by atoms with E-state index in [0.717, 1.165) is 36.9 Å². The third kappa shape index (κ3) is 5.20. The molecule has 0 radical (unpaired) electrons. The summed E-state index contributed by atoms with van der Waals surface area (Å²) in [5, 5.41) is 0.725. The molecule has 0 unspecified atom stereocenters. The Kier molecular flexibility index (Phi) is 6.81. The number of hydrogen-bond acceptors (Lipinski definition) is 5. The van der Waals surface area contributed by atoms with Gasteiger partial charge in [-0.2, -0.15) is 4.31 Å². The number of carbonyl (C=O) groups is 1. The topological polar surface area (TPSA) is 64.2 Å². The Morgan fingerprint density at radius 3 is 2.16 bits per heavy atom. The van der Waals surface area contributed by atoms with Crippen molar-refractivity contribution in [2.75, 3.05) is 63.8 Å². The maximum absolute atomic E-state index is 12.8. The number of benzene rings is 2. The maximum Gasteiger partial charge on any atom is 0.243 e. The van der Waals surface area contributed by atoms with Crippen LogP contribution in [0.25, 0.3) is 0 Å². The SMILES string of the molecule is O=C(CN1CCN(c2cccc(Cl)c2)CC1)N1CCN(S(=O)(=O)c2ccccc2)CC1. The van der Waals surface area contributed by atoms with Crippen LogP contribution in [0.3, 0.4) is 0 Å². The first kappa shape index (κ1) is 22.1. The molecule has 0 spiro atoms. The first-order chi connectivity index (χ1) is 14.9. The first-order valence-electron chi connectivity index (χ1n) is 10.5. The van der Waals surface area contributed by atoms with Gasteiger partial charge in [0.05, 0.1) is 11.4 Å². The van der Waals surface area contributed by atoms with Gasteiger partial charge in [-0.05, 0) is 30.3 Å². The molecule has 2 heterocycles. The number of halogens is 1. The van der Waals surface area contributed by atoms with Gasteiger partial charge in [0.15, 0.2) is 0 Å². The summed E-state index contributed by atoms with van der Waals surface area (Å²) in [7, 11) is -3.50. The molecule has 0 N–H and O–H groups in total. The zero-order valence-electron chi connectivity index (χ0n) is 17.4. The average molecular weight is 463 g/mol. The van der Waals surface area contributed by atoms with Gasteiger partial charge < -0.3 is 9.80 Å². The second-order valence-corrected chi connectivity index (χ2v) is 10.2. The number of rotatable bonds is 5. The summed E-state index contributed by atoms with van der Waals surface area (Å²) in [6.45, 7) is 5.17. The molecule has 0 atom stereocenters. The van der Waals surface area contributed by atoms with Crippen molar-refractivity contribution in [2.24, 2.45) is 0 Å². The summed E-state index contributed by atoms with van der Waals surface area (Å²) in [5.74, 6) is 0.0629. The molecule has 0 saturated carbocycles. The molecule has 0 bridgehead atoms. The summed E-state index contributed by atoms with van der Waals surface area (Å²) in [4.78, 5) is 19.3. The van der Waals surface area contributed by atoms with E-state index in [1.165, 1.54) is 4.31 Å². The number of carbonyl (C=O) groups excluding carboxylic acids is 1. The Bertz CT molecular complexity index is 1000. The molecule has 4 rings (SSSR count). The van der Waals surface area contributed by atoms with Crippen molar-refractivity contribution in [2.45, 2.75) is 4.90 Å². The van der Waals surface area contributed by atoms with Crippen molar-refractivity contribution in [1.82, 2.24) is 14.1 Å². The molecule has 7 nitrogen and oxygen atoms in total. The van der Waals surface area contributed by atoms with Gasteiger partial charge in [0, 0.05) is 63.1 Å². The Labute approximate surface area is 188 Å². The zero-order valence-corrected chi connectivity index (χ0v) is 18.9. The number of amides is 1. The Morgan fingerprint density at radius 1 is 0.839 bits per heavy atom. The normalized spacial score (nSPS) is 18.9. The van der Waals surface area contributed by atoms with E-state index in [1.807, 2.05) is 18.2 Å². The van der Waals surface area contributed by atoms with Gasteiger partial charge in [-0.25, -0.2) is 8.42 Å².